The minimum Gasteiger partial charge on any atom is -0.494 e. The molecule has 0 aliphatic rings. The van der Waals surface area contributed by atoms with Crippen LogP contribution in [0, 0.1) is 11.7 Å². The number of ether oxygens (including phenoxy) is 1. The molecular formula is C36H38Cl2FN3O5S. The second-order valence-electron chi connectivity index (χ2n) is 11.5. The Kier molecular flexibility index (Phi) is 12.9. The van der Waals surface area contributed by atoms with E-state index in [4.69, 9.17) is 27.9 Å². The maximum atomic E-state index is 14.5. The van der Waals surface area contributed by atoms with Crippen LogP contribution in [0.4, 0.5) is 10.1 Å². The molecule has 1 N–H and O–H groups in total. The average Bonchev–Trinajstić information content (AvgIpc) is 3.07. The van der Waals surface area contributed by atoms with Crippen LogP contribution in [0.1, 0.15) is 31.9 Å². The maximum Gasteiger partial charge on any atom is 0.264 e. The van der Waals surface area contributed by atoms with Crippen LogP contribution in [-0.4, -0.2) is 50.9 Å². The second-order valence-corrected chi connectivity index (χ2v) is 14.2. The Morgan fingerprint density at radius 1 is 0.875 bits per heavy atom. The fraction of sp³-hybridized carbons (Fsp3) is 0.278. The van der Waals surface area contributed by atoms with Crippen molar-refractivity contribution >= 4 is 50.7 Å². The Bertz CT molecular complexity index is 1790. The molecule has 0 radical (unpaired) electrons. The number of carbonyl (C=O) groups excluding carboxylic acids is 2. The van der Waals surface area contributed by atoms with Gasteiger partial charge in [-0.3, -0.25) is 13.9 Å². The molecule has 4 aromatic carbocycles. The number of nitrogens with one attached hydrogen (secondary N) is 1. The Morgan fingerprint density at radius 3 is 2.15 bits per heavy atom. The molecule has 1 unspecified atom stereocenters. The highest BCUT2D eigenvalue weighted by Gasteiger charge is 2.35. The van der Waals surface area contributed by atoms with Gasteiger partial charge in [-0.1, -0.05) is 73.4 Å². The molecule has 0 aliphatic carbocycles. The first-order valence-corrected chi connectivity index (χ1v) is 17.6. The van der Waals surface area contributed by atoms with E-state index in [9.17, 15) is 22.4 Å². The molecule has 254 valence electrons. The van der Waals surface area contributed by atoms with E-state index in [0.717, 1.165) is 22.0 Å². The van der Waals surface area contributed by atoms with E-state index < -0.39 is 40.2 Å². The summed E-state index contributed by atoms with van der Waals surface area (Å²) in [6.45, 7) is 5.71. The highest BCUT2D eigenvalue weighted by molar-refractivity contribution is 7.92. The molecule has 0 aliphatic heterocycles. The molecule has 48 heavy (non-hydrogen) atoms. The van der Waals surface area contributed by atoms with Gasteiger partial charge < -0.3 is 15.0 Å². The zero-order valence-electron chi connectivity index (χ0n) is 26.9. The van der Waals surface area contributed by atoms with Crippen molar-refractivity contribution in [3.63, 3.8) is 0 Å². The van der Waals surface area contributed by atoms with Crippen LogP contribution in [-0.2, 0) is 32.6 Å². The number of rotatable bonds is 15. The fourth-order valence-electron chi connectivity index (χ4n) is 4.95. The van der Waals surface area contributed by atoms with Gasteiger partial charge >= 0.3 is 0 Å². The molecule has 0 heterocycles. The van der Waals surface area contributed by atoms with Crippen LogP contribution in [0.5, 0.6) is 5.75 Å². The zero-order valence-corrected chi connectivity index (χ0v) is 29.2. The van der Waals surface area contributed by atoms with Crippen molar-refractivity contribution in [3.8, 4) is 5.75 Å². The molecule has 2 amide bonds. The Morgan fingerprint density at radius 2 is 1.54 bits per heavy atom. The molecule has 0 saturated carbocycles. The number of sulfonamides is 1. The van der Waals surface area contributed by atoms with Gasteiger partial charge in [0.2, 0.25) is 11.8 Å². The largest absolute Gasteiger partial charge is 0.494 e. The molecule has 0 saturated heterocycles. The maximum absolute atomic E-state index is 14.5. The molecule has 4 rings (SSSR count). The molecule has 1 atom stereocenters. The van der Waals surface area contributed by atoms with Crippen molar-refractivity contribution in [1.82, 2.24) is 10.2 Å². The summed E-state index contributed by atoms with van der Waals surface area (Å²) in [6, 6.07) is 23.7. The van der Waals surface area contributed by atoms with Crippen molar-refractivity contribution in [2.75, 3.05) is 24.0 Å². The van der Waals surface area contributed by atoms with Crippen molar-refractivity contribution in [2.45, 2.75) is 44.7 Å². The predicted molar refractivity (Wildman–Crippen MR) is 187 cm³/mol. The van der Waals surface area contributed by atoms with Gasteiger partial charge in [0.05, 0.1) is 27.2 Å². The normalized spacial score (nSPS) is 12.0. The van der Waals surface area contributed by atoms with Gasteiger partial charge in [0, 0.05) is 19.5 Å². The van der Waals surface area contributed by atoms with E-state index >= 15 is 0 Å². The van der Waals surface area contributed by atoms with E-state index in [1.807, 2.05) is 51.1 Å². The summed E-state index contributed by atoms with van der Waals surface area (Å²) in [7, 11) is -4.37. The van der Waals surface area contributed by atoms with Gasteiger partial charge in [-0.15, -0.1) is 0 Å². The number of anilines is 1. The number of hydrogen-bond acceptors (Lipinski definition) is 5. The summed E-state index contributed by atoms with van der Waals surface area (Å²) in [5.74, 6) is -1.03. The summed E-state index contributed by atoms with van der Waals surface area (Å²) < 4.78 is 48.7. The summed E-state index contributed by atoms with van der Waals surface area (Å²) in [5.41, 5.74) is 1.44. The lowest BCUT2D eigenvalue weighted by Crippen LogP contribution is -2.53. The smallest absolute Gasteiger partial charge is 0.264 e. The Hall–Kier alpha value is -4.12. The van der Waals surface area contributed by atoms with Crippen molar-refractivity contribution in [3.05, 3.63) is 124 Å². The third-order valence-electron chi connectivity index (χ3n) is 7.41. The SMILES string of the molecule is CCOc1ccc(S(=O)(=O)N(CC(=O)N(Cc2ccc(Cl)c(Cl)c2)C(Cc2ccccc2)C(=O)NCC(C)C)c2ccc(F)cc2)cc1. The second kappa shape index (κ2) is 16.8. The number of amides is 2. The predicted octanol–water partition coefficient (Wildman–Crippen LogP) is 7.14. The quantitative estimate of drug-likeness (QED) is 0.141. The molecular weight excluding hydrogens is 676 g/mol. The number of hydrogen-bond donors (Lipinski definition) is 1. The number of benzene rings is 4. The number of nitrogens with zero attached hydrogens (tertiary/aromatic N) is 2. The summed E-state index contributed by atoms with van der Waals surface area (Å²) >= 11 is 12.5. The molecule has 4 aromatic rings. The van der Waals surface area contributed by atoms with Crippen molar-refractivity contribution in [1.29, 1.82) is 0 Å². The molecule has 0 fully saturated rings. The Balaban J connectivity index is 1.80. The van der Waals surface area contributed by atoms with E-state index in [-0.39, 0.29) is 34.5 Å². The average molecular weight is 715 g/mol. The van der Waals surface area contributed by atoms with Gasteiger partial charge in [-0.2, -0.15) is 0 Å². The highest BCUT2D eigenvalue weighted by Crippen LogP contribution is 2.28. The minimum atomic E-state index is -4.37. The number of carbonyl (C=O) groups is 2. The topological polar surface area (TPSA) is 96.0 Å². The summed E-state index contributed by atoms with van der Waals surface area (Å²) in [4.78, 5) is 29.6. The summed E-state index contributed by atoms with van der Waals surface area (Å²) in [5, 5.41) is 3.52. The fourth-order valence-corrected chi connectivity index (χ4v) is 6.68. The highest BCUT2D eigenvalue weighted by atomic mass is 35.5. The Labute approximate surface area is 291 Å². The van der Waals surface area contributed by atoms with Gasteiger partial charge in [-0.05, 0) is 84.6 Å². The first kappa shape index (κ1) is 36.7. The van der Waals surface area contributed by atoms with Crippen molar-refractivity contribution < 1.29 is 27.1 Å². The van der Waals surface area contributed by atoms with Crippen molar-refractivity contribution in [2.24, 2.45) is 5.92 Å². The molecule has 0 spiro atoms. The van der Waals surface area contributed by atoms with E-state index in [2.05, 4.69) is 5.32 Å². The summed E-state index contributed by atoms with van der Waals surface area (Å²) in [6.07, 6.45) is 0.153. The molecule has 0 aromatic heterocycles. The third-order valence-corrected chi connectivity index (χ3v) is 9.94. The van der Waals surface area contributed by atoms with Gasteiger partial charge in [0.15, 0.2) is 0 Å². The van der Waals surface area contributed by atoms with Crippen LogP contribution in [0.2, 0.25) is 10.0 Å². The first-order chi connectivity index (χ1) is 22.9. The van der Waals surface area contributed by atoms with Crippen LogP contribution >= 0.6 is 23.2 Å². The molecule has 8 nitrogen and oxygen atoms in total. The lowest BCUT2D eigenvalue weighted by Gasteiger charge is -2.34. The van der Waals surface area contributed by atoms with Gasteiger partial charge in [0.25, 0.3) is 10.0 Å². The third kappa shape index (κ3) is 9.71. The van der Waals surface area contributed by atoms with Crippen LogP contribution in [0.3, 0.4) is 0 Å². The van der Waals surface area contributed by atoms with E-state index in [1.165, 1.54) is 41.3 Å². The zero-order chi connectivity index (χ0) is 34.8. The molecule has 12 heteroatoms. The monoisotopic (exact) mass is 713 g/mol. The first-order valence-electron chi connectivity index (χ1n) is 15.4. The van der Waals surface area contributed by atoms with Gasteiger partial charge in [0.1, 0.15) is 24.2 Å². The van der Waals surface area contributed by atoms with E-state index in [0.29, 0.717) is 29.5 Å². The van der Waals surface area contributed by atoms with Crippen LogP contribution in [0.25, 0.3) is 0 Å². The van der Waals surface area contributed by atoms with Crippen LogP contribution in [0.15, 0.2) is 102 Å². The number of halogens is 3. The lowest BCUT2D eigenvalue weighted by atomic mass is 10.0. The van der Waals surface area contributed by atoms with Gasteiger partial charge in [-0.25, -0.2) is 12.8 Å². The van der Waals surface area contributed by atoms with Crippen LogP contribution < -0.4 is 14.4 Å². The molecule has 0 bridgehead atoms. The lowest BCUT2D eigenvalue weighted by molar-refractivity contribution is -0.140. The van der Waals surface area contributed by atoms with E-state index in [1.54, 1.807) is 18.2 Å². The standard InChI is InChI=1S/C36H38Cl2FN3O5S/c1-4-47-30-15-17-31(18-16-30)48(45,46)42(29-13-11-28(39)12-14-29)24-35(43)41(23-27-10-19-32(37)33(38)20-27)34(36(44)40-22-25(2)3)21-26-8-6-5-7-9-26/h5-20,25,34H,4,21-24H2,1-3H3,(H,40,44). The minimum absolute atomic E-state index is 0.0667.